The van der Waals surface area contributed by atoms with Crippen molar-refractivity contribution >= 4 is 11.7 Å². The van der Waals surface area contributed by atoms with Gasteiger partial charge in [0.2, 0.25) is 0 Å². The molecule has 2 N–H and O–H groups in total. The van der Waals surface area contributed by atoms with Crippen molar-refractivity contribution in [2.24, 2.45) is 0 Å². The molecule has 0 spiro atoms. The number of anilines is 1. The van der Waals surface area contributed by atoms with Crippen molar-refractivity contribution in [3.63, 3.8) is 0 Å². The first-order valence-corrected chi connectivity index (χ1v) is 4.85. The second-order valence-corrected chi connectivity index (χ2v) is 3.14. The lowest BCUT2D eigenvalue weighted by Gasteiger charge is -2.09. The van der Waals surface area contributed by atoms with E-state index in [0.29, 0.717) is 23.4 Å². The molecule has 0 fully saturated rings. The Labute approximate surface area is 93.2 Å². The van der Waals surface area contributed by atoms with Gasteiger partial charge in [0.05, 0.1) is 31.6 Å². The van der Waals surface area contributed by atoms with Crippen LogP contribution in [-0.2, 0) is 4.74 Å². The summed E-state index contributed by atoms with van der Waals surface area (Å²) < 4.78 is 21.7. The van der Waals surface area contributed by atoms with Crippen molar-refractivity contribution in [2.75, 3.05) is 26.1 Å². The lowest BCUT2D eigenvalue weighted by molar-refractivity contribution is 0.0600. The number of rotatable bonds is 5. The van der Waals surface area contributed by atoms with E-state index in [2.05, 4.69) is 4.74 Å². The quantitative estimate of drug-likeness (QED) is 0.473. The van der Waals surface area contributed by atoms with E-state index in [-0.39, 0.29) is 6.61 Å². The Bertz CT molecular complexity index is 368. The highest BCUT2D eigenvalue weighted by atomic mass is 19.1. The van der Waals surface area contributed by atoms with Gasteiger partial charge in [0.1, 0.15) is 5.75 Å². The zero-order valence-corrected chi connectivity index (χ0v) is 9.03. The second kappa shape index (κ2) is 5.95. The molecule has 0 saturated heterocycles. The summed E-state index contributed by atoms with van der Waals surface area (Å²) in [6, 6.07) is 4.58. The Kier molecular flexibility index (Phi) is 4.57. The molecule has 1 rings (SSSR count). The predicted octanol–water partition coefficient (Wildman–Crippen LogP) is 1.79. The third kappa shape index (κ3) is 3.12. The Morgan fingerprint density at radius 2 is 2.25 bits per heavy atom. The van der Waals surface area contributed by atoms with Crippen LogP contribution in [0.25, 0.3) is 0 Å². The number of nitrogen functional groups attached to an aromatic ring is 1. The number of alkyl halides is 1. The van der Waals surface area contributed by atoms with Gasteiger partial charge in [-0.2, -0.15) is 0 Å². The van der Waals surface area contributed by atoms with E-state index in [9.17, 15) is 9.18 Å². The topological polar surface area (TPSA) is 61.5 Å². The molecule has 5 heteroatoms. The molecule has 0 bridgehead atoms. The number of nitrogens with two attached hydrogens (primary N) is 1. The Morgan fingerprint density at radius 3 is 2.88 bits per heavy atom. The van der Waals surface area contributed by atoms with Crippen molar-refractivity contribution in [3.8, 4) is 5.75 Å². The molecule has 16 heavy (non-hydrogen) atoms. The molecule has 88 valence electrons. The largest absolute Gasteiger partial charge is 0.491 e. The molecular formula is C11H14FNO3. The number of carbonyl (C=O) groups is 1. The molecule has 0 unspecified atom stereocenters. The van der Waals surface area contributed by atoms with Crippen molar-refractivity contribution in [2.45, 2.75) is 6.42 Å². The number of hydrogen-bond donors (Lipinski definition) is 1. The average Bonchev–Trinajstić information content (AvgIpc) is 2.31. The van der Waals surface area contributed by atoms with Gasteiger partial charge in [-0.1, -0.05) is 0 Å². The van der Waals surface area contributed by atoms with E-state index in [0.717, 1.165) is 0 Å². The van der Waals surface area contributed by atoms with Crippen LogP contribution in [0.15, 0.2) is 18.2 Å². The fourth-order valence-corrected chi connectivity index (χ4v) is 1.14. The first kappa shape index (κ1) is 12.3. The van der Waals surface area contributed by atoms with Gasteiger partial charge < -0.3 is 15.2 Å². The molecule has 1 aromatic carbocycles. The normalized spacial score (nSPS) is 9.88. The zero-order valence-electron chi connectivity index (χ0n) is 9.03. The lowest BCUT2D eigenvalue weighted by Crippen LogP contribution is -2.05. The minimum Gasteiger partial charge on any atom is -0.491 e. The Hall–Kier alpha value is -1.78. The van der Waals surface area contributed by atoms with Gasteiger partial charge in [-0.15, -0.1) is 0 Å². The first-order chi connectivity index (χ1) is 7.69. The monoisotopic (exact) mass is 227 g/mol. The summed E-state index contributed by atoms with van der Waals surface area (Å²) in [4.78, 5) is 11.2. The van der Waals surface area contributed by atoms with E-state index >= 15 is 0 Å². The maximum atomic E-state index is 11.9. The van der Waals surface area contributed by atoms with Crippen LogP contribution in [-0.4, -0.2) is 26.4 Å². The van der Waals surface area contributed by atoms with E-state index in [1.54, 1.807) is 12.1 Å². The van der Waals surface area contributed by atoms with Crippen LogP contribution in [0.3, 0.4) is 0 Å². The molecular weight excluding hydrogens is 213 g/mol. The minimum atomic E-state index is -0.463. The second-order valence-electron chi connectivity index (χ2n) is 3.14. The van der Waals surface area contributed by atoms with E-state index in [1.807, 2.05) is 0 Å². The van der Waals surface area contributed by atoms with Crippen LogP contribution in [0.5, 0.6) is 5.75 Å². The molecule has 0 aliphatic carbocycles. The number of halogens is 1. The summed E-state index contributed by atoms with van der Waals surface area (Å²) >= 11 is 0. The van der Waals surface area contributed by atoms with Crippen molar-refractivity contribution in [3.05, 3.63) is 23.8 Å². The molecule has 0 saturated carbocycles. The van der Waals surface area contributed by atoms with E-state index in [1.165, 1.54) is 13.2 Å². The predicted molar refractivity (Wildman–Crippen MR) is 58.3 cm³/mol. The highest BCUT2D eigenvalue weighted by Gasteiger charge is 2.09. The van der Waals surface area contributed by atoms with Crippen LogP contribution >= 0.6 is 0 Å². The van der Waals surface area contributed by atoms with Gasteiger partial charge in [0, 0.05) is 6.42 Å². The standard InChI is InChI=1S/C11H14FNO3/c1-15-11(14)8-3-4-9(13)10(7-8)16-6-2-5-12/h3-4,7H,2,5-6,13H2,1H3. The molecule has 0 amide bonds. The van der Waals surface area contributed by atoms with Crippen molar-refractivity contribution in [1.29, 1.82) is 0 Å². The van der Waals surface area contributed by atoms with E-state index in [4.69, 9.17) is 10.5 Å². The highest BCUT2D eigenvalue weighted by Crippen LogP contribution is 2.23. The maximum Gasteiger partial charge on any atom is 0.337 e. The number of ether oxygens (including phenoxy) is 2. The Morgan fingerprint density at radius 1 is 1.50 bits per heavy atom. The number of methoxy groups -OCH3 is 1. The van der Waals surface area contributed by atoms with Gasteiger partial charge in [-0.25, -0.2) is 4.79 Å². The third-order valence-corrected chi connectivity index (χ3v) is 1.97. The van der Waals surface area contributed by atoms with Crippen LogP contribution < -0.4 is 10.5 Å². The molecule has 0 aliphatic rings. The van der Waals surface area contributed by atoms with Gasteiger partial charge >= 0.3 is 5.97 Å². The van der Waals surface area contributed by atoms with Gasteiger partial charge in [-0.05, 0) is 18.2 Å². The summed E-state index contributed by atoms with van der Waals surface area (Å²) in [7, 11) is 1.29. The summed E-state index contributed by atoms with van der Waals surface area (Å²) in [5.74, 6) is -0.0910. The fourth-order valence-electron chi connectivity index (χ4n) is 1.14. The number of esters is 1. The minimum absolute atomic E-state index is 0.228. The van der Waals surface area contributed by atoms with Crippen LogP contribution in [0.4, 0.5) is 10.1 Å². The number of carbonyl (C=O) groups excluding carboxylic acids is 1. The van der Waals surface area contributed by atoms with Crippen molar-refractivity contribution < 1.29 is 18.7 Å². The maximum absolute atomic E-state index is 11.9. The SMILES string of the molecule is COC(=O)c1ccc(N)c(OCCCF)c1. The molecule has 1 aromatic rings. The summed E-state index contributed by atoms with van der Waals surface area (Å²) in [5, 5.41) is 0. The molecule has 0 aliphatic heterocycles. The number of hydrogen-bond acceptors (Lipinski definition) is 4. The Balaban J connectivity index is 2.78. The molecule has 4 nitrogen and oxygen atoms in total. The third-order valence-electron chi connectivity index (χ3n) is 1.97. The number of benzene rings is 1. The first-order valence-electron chi connectivity index (χ1n) is 4.85. The van der Waals surface area contributed by atoms with Crippen molar-refractivity contribution in [1.82, 2.24) is 0 Å². The smallest absolute Gasteiger partial charge is 0.337 e. The van der Waals surface area contributed by atoms with Crippen LogP contribution in [0, 0.1) is 0 Å². The average molecular weight is 227 g/mol. The van der Waals surface area contributed by atoms with Crippen LogP contribution in [0.1, 0.15) is 16.8 Å². The van der Waals surface area contributed by atoms with Crippen LogP contribution in [0.2, 0.25) is 0 Å². The zero-order chi connectivity index (χ0) is 12.0. The highest BCUT2D eigenvalue weighted by molar-refractivity contribution is 5.90. The fraction of sp³-hybridized carbons (Fsp3) is 0.364. The molecule has 0 heterocycles. The van der Waals surface area contributed by atoms with Gasteiger partial charge in [0.15, 0.2) is 0 Å². The van der Waals surface area contributed by atoms with Gasteiger partial charge in [-0.3, -0.25) is 4.39 Å². The van der Waals surface area contributed by atoms with E-state index < -0.39 is 12.6 Å². The molecule has 0 atom stereocenters. The van der Waals surface area contributed by atoms with Gasteiger partial charge in [0.25, 0.3) is 0 Å². The summed E-state index contributed by atoms with van der Waals surface area (Å²) in [6.45, 7) is -0.220. The molecule has 0 radical (unpaired) electrons. The lowest BCUT2D eigenvalue weighted by atomic mass is 10.2. The summed E-state index contributed by atoms with van der Waals surface area (Å²) in [5.41, 5.74) is 6.40. The molecule has 0 aromatic heterocycles. The summed E-state index contributed by atoms with van der Waals surface area (Å²) in [6.07, 6.45) is 0.294.